The van der Waals surface area contributed by atoms with Crippen LogP contribution in [-0.4, -0.2) is 142 Å². The Balaban J connectivity index is -0.00000108. The zero-order valence-electron chi connectivity index (χ0n) is 55.7. The van der Waals surface area contributed by atoms with E-state index in [4.69, 9.17) is 65.4 Å². The van der Waals surface area contributed by atoms with Crippen molar-refractivity contribution in [2.45, 2.75) is 146 Å². The molecule has 0 aliphatic carbocycles. The molecule has 0 amide bonds. The zero-order valence-corrected chi connectivity index (χ0v) is 55.7. The molecule has 5 aromatic rings. The van der Waals surface area contributed by atoms with E-state index in [2.05, 4.69) is 18.2 Å². The van der Waals surface area contributed by atoms with Gasteiger partial charge in [0, 0.05) is 42.4 Å². The van der Waals surface area contributed by atoms with Gasteiger partial charge in [0.15, 0.2) is 17.3 Å². The van der Waals surface area contributed by atoms with Crippen LogP contribution in [0.5, 0.6) is 11.5 Å². The van der Waals surface area contributed by atoms with Gasteiger partial charge in [-0.25, -0.2) is 0 Å². The van der Waals surface area contributed by atoms with E-state index in [1.54, 1.807) is 80.6 Å². The van der Waals surface area contributed by atoms with Crippen molar-refractivity contribution in [3.63, 3.8) is 0 Å². The molecule has 0 unspecified atom stereocenters. The maximum Gasteiger partial charge on any atom is 0.150 e. The van der Waals surface area contributed by atoms with Crippen molar-refractivity contribution in [1.82, 2.24) is 0 Å². The summed E-state index contributed by atoms with van der Waals surface area (Å²) in [5.74, 6) is -0.908. The molecule has 0 atom stereocenters. The van der Waals surface area contributed by atoms with Gasteiger partial charge < -0.3 is 70.1 Å². The first-order valence-corrected chi connectivity index (χ1v) is 30.3. The van der Waals surface area contributed by atoms with Gasteiger partial charge in [0.2, 0.25) is 0 Å². The predicted molar refractivity (Wildman–Crippen MR) is 365 cm³/mol. The molecule has 12 N–H and O–H groups in total. The number of carbonyl (C=O) groups excluding carboxylic acids is 9. The van der Waals surface area contributed by atoms with E-state index < -0.39 is 7.01 Å². The number of ketones is 5. The van der Waals surface area contributed by atoms with E-state index in [0.717, 1.165) is 35.1 Å². The summed E-state index contributed by atoms with van der Waals surface area (Å²) in [6.45, 7) is 12.9. The molecule has 26 heteroatoms. The minimum atomic E-state index is -1.80. The Hall–Kier alpha value is -9.18. The fraction of sp³-hybridized carbons (Fsp3) is 0.338. The van der Waals surface area contributed by atoms with E-state index in [0.29, 0.717) is 76.7 Å². The van der Waals surface area contributed by atoms with Gasteiger partial charge in [0.25, 0.3) is 0 Å². The van der Waals surface area contributed by atoms with Crippen molar-refractivity contribution in [3.05, 3.63) is 194 Å². The second kappa shape index (κ2) is 58.2. The first kappa shape index (κ1) is 92.0. The van der Waals surface area contributed by atoms with E-state index >= 15 is 0 Å². The molecule has 5 rings (SSSR count). The number of aldehydes is 2. The Kier molecular flexibility index (Phi) is 55.2. The second-order valence-electron chi connectivity index (χ2n) is 20.0. The summed E-state index contributed by atoms with van der Waals surface area (Å²) >= 11 is 0. The van der Waals surface area contributed by atoms with Gasteiger partial charge in [0.05, 0.1) is 78.9 Å². The van der Waals surface area contributed by atoms with Crippen LogP contribution in [0.25, 0.3) is 18.2 Å². The van der Waals surface area contributed by atoms with Crippen molar-refractivity contribution in [1.29, 1.82) is 0 Å². The average molecular weight is 1350 g/mol. The molecule has 0 heterocycles. The normalized spacial score (nSPS) is 9.94. The van der Waals surface area contributed by atoms with Crippen LogP contribution in [-0.2, 0) is 112 Å². The summed E-state index contributed by atoms with van der Waals surface area (Å²) in [6, 6.07) is 25.3. The van der Waals surface area contributed by atoms with E-state index in [-0.39, 0.29) is 144 Å². The van der Waals surface area contributed by atoms with Gasteiger partial charge >= 0.3 is 40.7 Å². The van der Waals surface area contributed by atoms with Crippen molar-refractivity contribution >= 4 is 85.7 Å². The summed E-state index contributed by atoms with van der Waals surface area (Å²) in [4.78, 5) is 95.8. The Morgan fingerprint density at radius 2 is 0.794 bits per heavy atom. The molecule has 0 aliphatic rings. The summed E-state index contributed by atoms with van der Waals surface area (Å²) in [5.41, 5.74) is 9.10. The van der Waals surface area contributed by atoms with Crippen LogP contribution in [0.15, 0.2) is 122 Å². The number of hydrogen-bond donors (Lipinski definition) is 12. The topological polar surface area (TPSA) is 432 Å². The van der Waals surface area contributed by atoms with Crippen molar-refractivity contribution in [2.75, 3.05) is 13.2 Å². The standard InChI is InChI=1S/C15H18O5.C15H18O4.C11H12O3.C11H16O2.C8H8O3.C7H12O3.C4H6O.B2H2O3/c1-2-20-15(19)8-6-13(17)5-3-11-4-7-14(18)12(9-11)10-16;1-11(18)2-6-15(19)7-4-12-3-5-13(9-16)14(8-12)10-17;12-5-1-2-9-3-4-10(7-13)11(6-9)8-14;1-2-3-9-4-5-10(7-12)11(6-9)8-13;9-4-6-1-2-8(11)7(3-6)5-10;1-3-10-7(9)5-4-6(2)8;1-3-4(2)5;3-1-2(4)5/h3-5,7,9,16,18H,2,6,8,10H2,1H3;3-5,7-8,16-17H,2,6,9-10H2,1H3;1-6,13-14H,7-8H2;4-6,12-13H,2-3,7-8H2,1H3;1-4,10-11H,5H2;3-5H2,1-2H3;3H,1H2,2H3;4-5H/b5-3+;7-4+;2-1+;;;;;. The number of ether oxygens (including phenoxy) is 2. The molecule has 0 bridgehead atoms. The Bertz CT molecular complexity index is 3300. The minimum absolute atomic E-state index is 0.00228. The largest absolute Gasteiger partial charge is 0.508 e. The number of Topliss-reactive ketones (excluding diaryl/α,β-unsaturated/α-hetero) is 2. The van der Waals surface area contributed by atoms with Crippen molar-refractivity contribution < 1.29 is 118 Å². The van der Waals surface area contributed by atoms with Gasteiger partial charge in [-0.05, 0) is 163 Å². The Labute approximate surface area is 566 Å². The summed E-state index contributed by atoms with van der Waals surface area (Å²) in [6.07, 6.45) is 14.9. The molecule has 0 radical (unpaired) electrons. The fourth-order valence-electron chi connectivity index (χ4n) is 7.13. The fourth-order valence-corrected chi connectivity index (χ4v) is 7.13. The van der Waals surface area contributed by atoms with Crippen LogP contribution in [0, 0.1) is 0 Å². The summed E-state index contributed by atoms with van der Waals surface area (Å²) < 4.78 is 18.3. The molecule has 97 heavy (non-hydrogen) atoms. The smallest absolute Gasteiger partial charge is 0.150 e. The number of rotatable bonds is 30. The number of phenols is 2. The number of aryl methyl sites for hydroxylation is 1. The third-order valence-corrected chi connectivity index (χ3v) is 12.3. The number of carbonyl (C=O) groups is 9. The van der Waals surface area contributed by atoms with Crippen molar-refractivity contribution in [3.8, 4) is 11.5 Å². The first-order chi connectivity index (χ1) is 46.2. The van der Waals surface area contributed by atoms with Crippen LogP contribution >= 0.6 is 0 Å². The van der Waals surface area contributed by atoms with Gasteiger partial charge in [-0.15, -0.1) is 0 Å². The maximum atomic E-state index is 11.6. The third kappa shape index (κ3) is 46.6. The first-order valence-electron chi connectivity index (χ1n) is 30.3. The van der Waals surface area contributed by atoms with Gasteiger partial charge in [0.1, 0.15) is 35.6 Å². The Morgan fingerprint density at radius 1 is 0.464 bits per heavy atom. The molecule has 5 aromatic carbocycles. The van der Waals surface area contributed by atoms with Gasteiger partial charge in [-0.1, -0.05) is 86.7 Å². The van der Waals surface area contributed by atoms with Crippen LogP contribution in [0.3, 0.4) is 0 Å². The number of aromatic hydroxyl groups is 2. The molecular formula is C71H92B2O24. The number of esters is 2. The monoisotopic (exact) mass is 1350 g/mol. The Morgan fingerprint density at radius 3 is 1.14 bits per heavy atom. The third-order valence-electron chi connectivity index (χ3n) is 12.3. The SMILES string of the molecule is C=CC(C)=O.CC(=O)CCC(=O)/C=C/c1ccc(CO)c(CO)c1.CCCc1ccc(CO)c(CO)c1.CCOC(=O)CCC(=O)/C=C/c1ccc(O)c(CO)c1.CCOC(=O)CCC(C)=O.O=BB(O)O.O=C/C=C/c1ccc(CO)c(CO)c1.O=Cc1ccc(O)c(CO)c1. The summed E-state index contributed by atoms with van der Waals surface area (Å²) in [7, 11) is -1.77. The van der Waals surface area contributed by atoms with Gasteiger partial charge in [-0.3, -0.25) is 33.6 Å². The molecule has 0 fully saturated rings. The van der Waals surface area contributed by atoms with Gasteiger partial charge in [-0.2, -0.15) is 0 Å². The number of aliphatic hydroxyl groups excluding tert-OH is 8. The predicted octanol–water partition coefficient (Wildman–Crippen LogP) is 6.32. The molecule has 0 saturated carbocycles. The molecule has 0 aliphatic heterocycles. The average Bonchev–Trinajstić information content (AvgIpc) is 1.26. The maximum absolute atomic E-state index is 11.6. The molecule has 526 valence electrons. The molecule has 0 aromatic heterocycles. The summed E-state index contributed by atoms with van der Waals surface area (Å²) in [5, 5.41) is 105. The quantitative estimate of drug-likeness (QED) is 0.0103. The van der Waals surface area contributed by atoms with E-state index in [1.807, 2.05) is 18.2 Å². The molecule has 0 spiro atoms. The molecular weight excluding hydrogens is 1260 g/mol. The zero-order chi connectivity index (χ0) is 74.1. The van der Waals surface area contributed by atoms with Crippen LogP contribution in [0.1, 0.15) is 164 Å². The number of allylic oxidation sites excluding steroid dienone is 4. The van der Waals surface area contributed by atoms with Crippen LogP contribution in [0.2, 0.25) is 0 Å². The number of hydrogen-bond acceptors (Lipinski definition) is 24. The van der Waals surface area contributed by atoms with E-state index in [1.165, 1.54) is 74.9 Å². The van der Waals surface area contributed by atoms with Crippen LogP contribution < -0.4 is 0 Å². The van der Waals surface area contributed by atoms with Crippen LogP contribution in [0.4, 0.5) is 0 Å². The van der Waals surface area contributed by atoms with Crippen molar-refractivity contribution in [2.24, 2.45) is 0 Å². The number of benzene rings is 5. The number of aliphatic hydroxyl groups is 8. The second-order valence-corrected chi connectivity index (χ2v) is 20.0. The minimum Gasteiger partial charge on any atom is -0.508 e. The van der Waals surface area contributed by atoms with E-state index in [9.17, 15) is 48.3 Å². The molecule has 0 saturated heterocycles. The molecule has 24 nitrogen and oxygen atoms in total.